The van der Waals surface area contributed by atoms with E-state index in [0.29, 0.717) is 28.1 Å². The number of para-hydroxylation sites is 1. The minimum Gasteiger partial charge on any atom is -0.454 e. The maximum absolute atomic E-state index is 6.50. The molecule has 6 heteroatoms. The summed E-state index contributed by atoms with van der Waals surface area (Å²) < 4.78 is 8.61. The average Bonchev–Trinajstić information content (AvgIpc) is 3.57. The van der Waals surface area contributed by atoms with Gasteiger partial charge in [-0.2, -0.15) is 0 Å². The molecule has 4 nitrogen and oxygen atoms in total. The zero-order valence-electron chi connectivity index (χ0n) is 20.4. The summed E-state index contributed by atoms with van der Waals surface area (Å²) in [6, 6.07) is 36.6. The Labute approximate surface area is 232 Å². The molecule has 0 bridgehead atoms. The molecule has 5 aromatic carbocycles. The quantitative estimate of drug-likeness (QED) is 0.224. The lowest BCUT2D eigenvalue weighted by molar-refractivity contribution is 0.669. The number of rotatable bonds is 3. The van der Waals surface area contributed by atoms with Crippen LogP contribution in [-0.2, 0) is 0 Å². The summed E-state index contributed by atoms with van der Waals surface area (Å²) in [6.45, 7) is 0. The van der Waals surface area contributed by atoms with E-state index in [9.17, 15) is 0 Å². The molecule has 0 fully saturated rings. The van der Waals surface area contributed by atoms with Gasteiger partial charge in [0.1, 0.15) is 5.58 Å². The second kappa shape index (κ2) is 8.73. The number of nitrogens with zero attached hydrogens (tertiary/aromatic N) is 3. The number of aromatic nitrogens is 3. The van der Waals surface area contributed by atoms with Gasteiger partial charge in [-0.3, -0.25) is 0 Å². The molecule has 0 spiro atoms. The van der Waals surface area contributed by atoms with Gasteiger partial charge in [0.25, 0.3) is 0 Å². The second-order valence-electron chi connectivity index (χ2n) is 9.35. The van der Waals surface area contributed by atoms with E-state index >= 15 is 0 Å². The van der Waals surface area contributed by atoms with Gasteiger partial charge in [0.2, 0.25) is 0 Å². The van der Waals surface area contributed by atoms with Gasteiger partial charge in [0.15, 0.2) is 23.1 Å². The first-order valence-corrected chi connectivity index (χ1v) is 13.8. The van der Waals surface area contributed by atoms with Crippen LogP contribution in [0.2, 0.25) is 5.02 Å². The molecule has 8 rings (SSSR count). The fourth-order valence-electron chi connectivity index (χ4n) is 5.29. The fourth-order valence-corrected chi connectivity index (χ4v) is 6.64. The van der Waals surface area contributed by atoms with Crippen molar-refractivity contribution >= 4 is 65.0 Å². The predicted molar refractivity (Wildman–Crippen MR) is 161 cm³/mol. The molecule has 184 valence electrons. The lowest BCUT2D eigenvalue weighted by atomic mass is 10.0. The van der Waals surface area contributed by atoms with Gasteiger partial charge in [0.05, 0.1) is 5.02 Å². The van der Waals surface area contributed by atoms with Gasteiger partial charge in [0, 0.05) is 47.6 Å². The third-order valence-corrected chi connectivity index (χ3v) is 8.46. The van der Waals surface area contributed by atoms with Crippen molar-refractivity contribution in [3.05, 3.63) is 114 Å². The fraction of sp³-hybridized carbons (Fsp3) is 0. The molecule has 8 aromatic rings. The van der Waals surface area contributed by atoms with Crippen LogP contribution < -0.4 is 0 Å². The van der Waals surface area contributed by atoms with E-state index in [4.69, 9.17) is 31.0 Å². The van der Waals surface area contributed by atoms with Gasteiger partial charge >= 0.3 is 0 Å². The van der Waals surface area contributed by atoms with Crippen LogP contribution in [0.1, 0.15) is 0 Å². The number of benzene rings is 5. The van der Waals surface area contributed by atoms with Crippen LogP contribution in [0.15, 0.2) is 114 Å². The molecule has 0 radical (unpaired) electrons. The summed E-state index contributed by atoms with van der Waals surface area (Å²) >= 11 is 8.28. The highest BCUT2D eigenvalue weighted by Gasteiger charge is 2.20. The SMILES string of the molecule is Clc1cccc2c1oc1cccc(-c3nc(-c4ccccc4)nc(-c4cccc5sc6ccccc6c45)n3)c12. The number of halogens is 1. The Kier molecular flexibility index (Phi) is 5.02. The Bertz CT molecular complexity index is 2200. The number of fused-ring (bicyclic) bond motifs is 6. The second-order valence-corrected chi connectivity index (χ2v) is 10.8. The summed E-state index contributed by atoms with van der Waals surface area (Å²) in [6.07, 6.45) is 0. The average molecular weight is 540 g/mol. The van der Waals surface area contributed by atoms with Crippen molar-refractivity contribution in [2.75, 3.05) is 0 Å². The molecule has 0 aliphatic carbocycles. The minimum absolute atomic E-state index is 0.576. The van der Waals surface area contributed by atoms with Crippen LogP contribution in [0.25, 0.3) is 76.3 Å². The first kappa shape index (κ1) is 22.4. The van der Waals surface area contributed by atoms with Crippen molar-refractivity contribution < 1.29 is 4.42 Å². The molecule has 0 aliphatic heterocycles. The summed E-state index contributed by atoms with van der Waals surface area (Å²) in [4.78, 5) is 15.1. The summed E-state index contributed by atoms with van der Waals surface area (Å²) in [5.74, 6) is 1.84. The van der Waals surface area contributed by atoms with Gasteiger partial charge in [-0.1, -0.05) is 96.5 Å². The van der Waals surface area contributed by atoms with E-state index in [1.54, 1.807) is 11.3 Å². The van der Waals surface area contributed by atoms with Crippen LogP contribution in [0.5, 0.6) is 0 Å². The highest BCUT2D eigenvalue weighted by molar-refractivity contribution is 7.25. The van der Waals surface area contributed by atoms with Crippen molar-refractivity contribution in [1.29, 1.82) is 0 Å². The molecule has 3 aromatic heterocycles. The number of hydrogen-bond donors (Lipinski definition) is 0. The Morgan fingerprint density at radius 3 is 2.03 bits per heavy atom. The Balaban J connectivity index is 1.46. The summed E-state index contributed by atoms with van der Waals surface area (Å²) in [5, 5.41) is 4.81. The zero-order chi connectivity index (χ0) is 25.9. The van der Waals surface area contributed by atoms with Gasteiger partial charge in [-0.25, -0.2) is 15.0 Å². The Morgan fingerprint density at radius 2 is 1.18 bits per heavy atom. The molecule has 0 saturated heterocycles. The van der Waals surface area contributed by atoms with E-state index in [1.165, 1.54) is 14.8 Å². The first-order chi connectivity index (χ1) is 19.2. The molecule has 0 unspecified atom stereocenters. The molecule has 3 heterocycles. The van der Waals surface area contributed by atoms with Gasteiger partial charge in [-0.15, -0.1) is 11.3 Å². The Hall–Kier alpha value is -4.58. The molecule has 0 aliphatic rings. The number of thiophene rings is 1. The molecule has 0 saturated carbocycles. The number of hydrogen-bond acceptors (Lipinski definition) is 5. The molecule has 0 atom stereocenters. The number of furan rings is 1. The standard InChI is InChI=1S/C33H18ClN3OS/c34-24-15-6-12-21-28-22(13-7-16-25(28)38-30(21)24)32-35-31(19-9-2-1-3-10-19)36-33(37-32)23-14-8-18-27-29(23)20-11-4-5-17-26(20)39-27/h1-18H. The van der Waals surface area contributed by atoms with Crippen LogP contribution in [0.4, 0.5) is 0 Å². The van der Waals surface area contributed by atoms with Crippen LogP contribution in [0, 0.1) is 0 Å². The third-order valence-electron chi connectivity index (χ3n) is 7.03. The molecule has 0 N–H and O–H groups in total. The van der Waals surface area contributed by atoms with Crippen LogP contribution in [0.3, 0.4) is 0 Å². The maximum Gasteiger partial charge on any atom is 0.164 e. The highest BCUT2D eigenvalue weighted by Crippen LogP contribution is 2.41. The predicted octanol–water partition coefficient (Wildman–Crippen LogP) is 9.79. The smallest absolute Gasteiger partial charge is 0.164 e. The van der Waals surface area contributed by atoms with Gasteiger partial charge < -0.3 is 4.42 Å². The summed E-state index contributed by atoms with van der Waals surface area (Å²) in [5.41, 5.74) is 4.19. The Morgan fingerprint density at radius 1 is 0.538 bits per heavy atom. The van der Waals surface area contributed by atoms with Crippen molar-refractivity contribution in [3.8, 4) is 34.2 Å². The van der Waals surface area contributed by atoms with Crippen molar-refractivity contribution in [1.82, 2.24) is 15.0 Å². The largest absolute Gasteiger partial charge is 0.454 e. The van der Waals surface area contributed by atoms with Crippen molar-refractivity contribution in [2.24, 2.45) is 0 Å². The van der Waals surface area contributed by atoms with Crippen LogP contribution >= 0.6 is 22.9 Å². The van der Waals surface area contributed by atoms with E-state index in [2.05, 4.69) is 42.5 Å². The maximum atomic E-state index is 6.50. The first-order valence-electron chi connectivity index (χ1n) is 12.6. The van der Waals surface area contributed by atoms with E-state index in [1.807, 2.05) is 66.7 Å². The molecular formula is C33H18ClN3OS. The third kappa shape index (κ3) is 3.55. The van der Waals surface area contributed by atoms with E-state index in [-0.39, 0.29) is 0 Å². The van der Waals surface area contributed by atoms with Crippen molar-refractivity contribution in [2.45, 2.75) is 0 Å². The van der Waals surface area contributed by atoms with Gasteiger partial charge in [-0.05, 0) is 24.3 Å². The molecular weight excluding hydrogens is 522 g/mol. The highest BCUT2D eigenvalue weighted by atomic mass is 35.5. The minimum atomic E-state index is 0.576. The van der Waals surface area contributed by atoms with E-state index < -0.39 is 0 Å². The lowest BCUT2D eigenvalue weighted by Gasteiger charge is -2.10. The van der Waals surface area contributed by atoms with Crippen LogP contribution in [-0.4, -0.2) is 15.0 Å². The lowest BCUT2D eigenvalue weighted by Crippen LogP contribution is -2.00. The van der Waals surface area contributed by atoms with E-state index in [0.717, 1.165) is 38.4 Å². The molecule has 39 heavy (non-hydrogen) atoms. The van der Waals surface area contributed by atoms with Crippen molar-refractivity contribution in [3.63, 3.8) is 0 Å². The molecule has 0 amide bonds. The normalized spacial score (nSPS) is 11.7. The monoisotopic (exact) mass is 539 g/mol. The summed E-state index contributed by atoms with van der Waals surface area (Å²) in [7, 11) is 0. The zero-order valence-corrected chi connectivity index (χ0v) is 22.0. The topological polar surface area (TPSA) is 51.8 Å².